The maximum absolute atomic E-state index is 14.0. The maximum Gasteiger partial charge on any atom is 0.274 e. The van der Waals surface area contributed by atoms with Gasteiger partial charge < -0.3 is 9.64 Å². The SMILES string of the molecule is COc1cc(-c2cc(C(=O)N3[C@@H]4CCC[C@@H]3CC4)n[nH]2)c(F)cn1. The first kappa shape index (κ1) is 15.1. The minimum Gasteiger partial charge on any atom is -0.481 e. The summed E-state index contributed by atoms with van der Waals surface area (Å²) in [6.45, 7) is 0. The van der Waals surface area contributed by atoms with Crippen molar-refractivity contribution in [1.29, 1.82) is 0 Å². The minimum atomic E-state index is -0.489. The van der Waals surface area contributed by atoms with Gasteiger partial charge in [-0.2, -0.15) is 5.10 Å². The number of carbonyl (C=O) groups is 1. The number of nitrogens with zero attached hydrogens (tertiary/aromatic N) is 3. The van der Waals surface area contributed by atoms with Crippen molar-refractivity contribution < 1.29 is 13.9 Å². The average molecular weight is 330 g/mol. The van der Waals surface area contributed by atoms with Crippen LogP contribution < -0.4 is 4.74 Å². The van der Waals surface area contributed by atoms with Crippen LogP contribution in [0, 0.1) is 5.82 Å². The number of halogens is 1. The number of ether oxygens (including phenoxy) is 1. The van der Waals surface area contributed by atoms with Crippen LogP contribution in [0.4, 0.5) is 4.39 Å². The lowest BCUT2D eigenvalue weighted by molar-refractivity contribution is 0.0589. The number of hydrogen-bond acceptors (Lipinski definition) is 4. The van der Waals surface area contributed by atoms with Crippen molar-refractivity contribution in [3.8, 4) is 17.1 Å². The molecule has 0 aliphatic carbocycles. The summed E-state index contributed by atoms with van der Waals surface area (Å²) in [5.41, 5.74) is 1.06. The smallest absolute Gasteiger partial charge is 0.274 e. The molecule has 1 amide bonds. The third-order valence-corrected chi connectivity index (χ3v) is 5.06. The normalized spacial score (nSPS) is 22.7. The second kappa shape index (κ2) is 5.89. The molecule has 4 rings (SSSR count). The number of amides is 1. The maximum atomic E-state index is 14.0. The highest BCUT2D eigenvalue weighted by molar-refractivity contribution is 5.94. The summed E-state index contributed by atoms with van der Waals surface area (Å²) >= 11 is 0. The van der Waals surface area contributed by atoms with Gasteiger partial charge in [0.2, 0.25) is 5.88 Å². The molecule has 0 unspecified atom stereocenters. The summed E-state index contributed by atoms with van der Waals surface area (Å²) in [6.07, 6.45) is 6.56. The summed E-state index contributed by atoms with van der Waals surface area (Å²) in [7, 11) is 1.47. The lowest BCUT2D eigenvalue weighted by Crippen LogP contribution is -2.44. The highest BCUT2D eigenvalue weighted by Crippen LogP contribution is 2.36. The Morgan fingerprint density at radius 3 is 2.75 bits per heavy atom. The van der Waals surface area contributed by atoms with E-state index in [2.05, 4.69) is 15.2 Å². The number of fused-ring (bicyclic) bond motifs is 2. The highest BCUT2D eigenvalue weighted by Gasteiger charge is 2.40. The molecule has 2 bridgehead atoms. The summed E-state index contributed by atoms with van der Waals surface area (Å²) < 4.78 is 19.1. The van der Waals surface area contributed by atoms with Crippen LogP contribution in [0.1, 0.15) is 42.6 Å². The molecular formula is C17H19FN4O2. The van der Waals surface area contributed by atoms with Gasteiger partial charge in [-0.25, -0.2) is 9.37 Å². The highest BCUT2D eigenvalue weighted by atomic mass is 19.1. The zero-order valence-electron chi connectivity index (χ0n) is 13.5. The summed E-state index contributed by atoms with van der Waals surface area (Å²) in [5.74, 6) is -0.245. The number of methoxy groups -OCH3 is 1. The molecule has 2 atom stereocenters. The van der Waals surface area contributed by atoms with Gasteiger partial charge in [-0.15, -0.1) is 0 Å². The van der Waals surface area contributed by atoms with Crippen molar-refractivity contribution in [3.05, 3.63) is 29.8 Å². The van der Waals surface area contributed by atoms with E-state index < -0.39 is 5.82 Å². The molecule has 4 heterocycles. The molecular weight excluding hydrogens is 311 g/mol. The van der Waals surface area contributed by atoms with Gasteiger partial charge in [0.05, 0.1) is 19.0 Å². The molecule has 0 aromatic carbocycles. The first-order chi connectivity index (χ1) is 11.7. The third kappa shape index (κ3) is 2.44. The number of nitrogens with one attached hydrogen (secondary N) is 1. The van der Waals surface area contributed by atoms with Gasteiger partial charge in [0, 0.05) is 23.7 Å². The van der Waals surface area contributed by atoms with Gasteiger partial charge in [-0.05, 0) is 38.2 Å². The largest absolute Gasteiger partial charge is 0.481 e. The fourth-order valence-corrected chi connectivity index (χ4v) is 3.89. The molecule has 2 aromatic heterocycles. The number of carbonyl (C=O) groups excluding carboxylic acids is 1. The van der Waals surface area contributed by atoms with E-state index in [1.165, 1.54) is 19.6 Å². The molecule has 24 heavy (non-hydrogen) atoms. The van der Waals surface area contributed by atoms with Gasteiger partial charge in [0.25, 0.3) is 5.91 Å². The van der Waals surface area contributed by atoms with E-state index in [-0.39, 0.29) is 11.5 Å². The van der Waals surface area contributed by atoms with Crippen LogP contribution in [0.15, 0.2) is 18.3 Å². The van der Waals surface area contributed by atoms with Crippen molar-refractivity contribution in [2.24, 2.45) is 0 Å². The monoisotopic (exact) mass is 330 g/mol. The van der Waals surface area contributed by atoms with Crippen LogP contribution in [0.25, 0.3) is 11.3 Å². The zero-order valence-corrected chi connectivity index (χ0v) is 13.5. The zero-order chi connectivity index (χ0) is 16.7. The Balaban J connectivity index is 1.62. The van der Waals surface area contributed by atoms with Crippen molar-refractivity contribution in [2.75, 3.05) is 7.11 Å². The third-order valence-electron chi connectivity index (χ3n) is 5.06. The Morgan fingerprint density at radius 2 is 2.04 bits per heavy atom. The van der Waals surface area contributed by atoms with E-state index in [4.69, 9.17) is 4.74 Å². The van der Waals surface area contributed by atoms with Crippen molar-refractivity contribution in [3.63, 3.8) is 0 Å². The second-order valence-corrected chi connectivity index (χ2v) is 6.40. The summed E-state index contributed by atoms with van der Waals surface area (Å²) in [6, 6.07) is 3.75. The molecule has 2 saturated heterocycles. The van der Waals surface area contributed by atoms with Crippen LogP contribution in [0.2, 0.25) is 0 Å². The van der Waals surface area contributed by atoms with Crippen LogP contribution in [0.3, 0.4) is 0 Å². The number of rotatable bonds is 3. The number of H-pyrrole nitrogens is 1. The lowest BCUT2D eigenvalue weighted by Gasteiger charge is -2.34. The standard InChI is InChI=1S/C17H19FN4O2/c1-24-16-7-12(13(18)9-19-16)14-8-15(21-20-14)17(23)22-10-3-2-4-11(22)6-5-10/h7-11H,2-6H2,1H3,(H,20,21)/t10-,11-/m1/s1. The van der Waals surface area contributed by atoms with Crippen LogP contribution in [-0.4, -0.2) is 45.2 Å². The van der Waals surface area contributed by atoms with Gasteiger partial charge in [-0.3, -0.25) is 9.89 Å². The topological polar surface area (TPSA) is 71.1 Å². The Morgan fingerprint density at radius 1 is 1.29 bits per heavy atom. The molecule has 2 fully saturated rings. The fourth-order valence-electron chi connectivity index (χ4n) is 3.89. The molecule has 2 aliphatic rings. The molecule has 0 spiro atoms. The van der Waals surface area contributed by atoms with Crippen LogP contribution in [0.5, 0.6) is 5.88 Å². The quantitative estimate of drug-likeness (QED) is 0.939. The van der Waals surface area contributed by atoms with E-state index in [0.717, 1.165) is 31.9 Å². The Kier molecular flexibility index (Phi) is 3.70. The molecule has 1 N–H and O–H groups in total. The van der Waals surface area contributed by atoms with Gasteiger partial charge >= 0.3 is 0 Å². The first-order valence-electron chi connectivity index (χ1n) is 8.25. The molecule has 2 aliphatic heterocycles. The average Bonchev–Trinajstić information content (AvgIpc) is 3.18. The second-order valence-electron chi connectivity index (χ2n) is 6.40. The van der Waals surface area contributed by atoms with Crippen LogP contribution >= 0.6 is 0 Å². The minimum absolute atomic E-state index is 0.0638. The first-order valence-corrected chi connectivity index (χ1v) is 8.25. The summed E-state index contributed by atoms with van der Waals surface area (Å²) in [4.78, 5) is 18.6. The predicted octanol–water partition coefficient (Wildman–Crippen LogP) is 2.78. The van der Waals surface area contributed by atoms with E-state index >= 15 is 0 Å². The van der Waals surface area contributed by atoms with E-state index in [9.17, 15) is 9.18 Å². The molecule has 0 saturated carbocycles. The van der Waals surface area contributed by atoms with E-state index in [0.29, 0.717) is 29.4 Å². The van der Waals surface area contributed by atoms with Crippen molar-refractivity contribution >= 4 is 5.91 Å². The van der Waals surface area contributed by atoms with Crippen molar-refractivity contribution in [2.45, 2.75) is 44.2 Å². The van der Waals surface area contributed by atoms with Gasteiger partial charge in [-0.1, -0.05) is 0 Å². The Hall–Kier alpha value is -2.44. The number of hydrogen-bond donors (Lipinski definition) is 1. The summed E-state index contributed by atoms with van der Waals surface area (Å²) in [5, 5.41) is 6.88. The van der Waals surface area contributed by atoms with Crippen LogP contribution in [-0.2, 0) is 0 Å². The molecule has 7 heteroatoms. The number of aromatic amines is 1. The molecule has 0 radical (unpaired) electrons. The van der Waals surface area contributed by atoms with E-state index in [1.54, 1.807) is 6.07 Å². The number of piperidine rings is 1. The van der Waals surface area contributed by atoms with Crippen molar-refractivity contribution in [1.82, 2.24) is 20.1 Å². The van der Waals surface area contributed by atoms with Gasteiger partial charge in [0.15, 0.2) is 11.5 Å². The molecule has 126 valence electrons. The molecule has 6 nitrogen and oxygen atoms in total. The number of aromatic nitrogens is 3. The molecule has 2 aromatic rings. The lowest BCUT2D eigenvalue weighted by atomic mass is 10.0. The Bertz CT molecular complexity index is 760. The van der Waals surface area contributed by atoms with Gasteiger partial charge in [0.1, 0.15) is 0 Å². The predicted molar refractivity (Wildman–Crippen MR) is 85.2 cm³/mol. The Labute approximate surface area is 139 Å². The number of pyridine rings is 1. The van der Waals surface area contributed by atoms with E-state index in [1.807, 2.05) is 4.90 Å². The fraction of sp³-hybridized carbons (Fsp3) is 0.471.